The molecule has 1 fully saturated rings. The molecular weight excluding hydrogens is 446 g/mol. The number of thiophene rings is 1. The van der Waals surface area contributed by atoms with Gasteiger partial charge >= 0.3 is 6.03 Å². The first-order chi connectivity index (χ1) is 13.2. The fourth-order valence-electron chi connectivity index (χ4n) is 2.95. The topological polar surface area (TPSA) is 95.6 Å². The summed E-state index contributed by atoms with van der Waals surface area (Å²) >= 11 is 4.63. The van der Waals surface area contributed by atoms with Crippen molar-refractivity contribution in [3.8, 4) is 0 Å². The van der Waals surface area contributed by atoms with Gasteiger partial charge in [-0.2, -0.15) is 0 Å². The van der Waals surface area contributed by atoms with Crippen molar-refractivity contribution in [3.63, 3.8) is 0 Å². The Morgan fingerprint density at radius 1 is 1.21 bits per heavy atom. The van der Waals surface area contributed by atoms with Crippen molar-refractivity contribution >= 4 is 50.9 Å². The van der Waals surface area contributed by atoms with Crippen molar-refractivity contribution in [2.75, 3.05) is 6.54 Å². The molecule has 0 saturated carbocycles. The second-order valence-corrected chi connectivity index (χ2v) is 8.55. The minimum absolute atomic E-state index is 0.160. The number of ketones is 1. The van der Waals surface area contributed by atoms with Gasteiger partial charge in [-0.1, -0.05) is 34.1 Å². The van der Waals surface area contributed by atoms with Crippen LogP contribution in [0, 0.1) is 0 Å². The zero-order valence-corrected chi connectivity index (χ0v) is 17.6. The van der Waals surface area contributed by atoms with Crippen LogP contribution < -0.4 is 10.6 Å². The number of amides is 4. The SMILES string of the molecule is CC(=O)NCc1ccc(C(=O)CN2C(=O)NC(C)(c3ccccc3Br)C2=O)s1. The maximum absolute atomic E-state index is 13.0. The molecule has 1 aliphatic heterocycles. The third-order valence-electron chi connectivity index (χ3n) is 4.44. The molecule has 1 saturated heterocycles. The number of imide groups is 1. The molecule has 1 aliphatic rings. The Balaban J connectivity index is 1.75. The molecule has 0 bridgehead atoms. The van der Waals surface area contributed by atoms with Gasteiger partial charge in [0.15, 0.2) is 5.78 Å². The quantitative estimate of drug-likeness (QED) is 0.508. The molecule has 1 aromatic heterocycles. The average Bonchev–Trinajstić information content (AvgIpc) is 3.20. The maximum atomic E-state index is 13.0. The molecule has 0 spiro atoms. The minimum atomic E-state index is -1.25. The van der Waals surface area contributed by atoms with Crippen molar-refractivity contribution in [1.29, 1.82) is 0 Å². The number of nitrogens with one attached hydrogen (secondary N) is 2. The number of rotatable bonds is 6. The highest BCUT2D eigenvalue weighted by atomic mass is 79.9. The molecule has 2 heterocycles. The van der Waals surface area contributed by atoms with Gasteiger partial charge in [0.25, 0.3) is 5.91 Å². The van der Waals surface area contributed by atoms with Gasteiger partial charge in [0.1, 0.15) is 5.54 Å². The number of hydrogen-bond donors (Lipinski definition) is 2. The molecule has 7 nitrogen and oxygen atoms in total. The van der Waals surface area contributed by atoms with Gasteiger partial charge in [-0.25, -0.2) is 4.79 Å². The second-order valence-electron chi connectivity index (χ2n) is 6.53. The van der Waals surface area contributed by atoms with E-state index in [1.54, 1.807) is 37.3 Å². The number of nitrogens with zero attached hydrogens (tertiary/aromatic N) is 1. The van der Waals surface area contributed by atoms with E-state index in [1.165, 1.54) is 18.3 Å². The van der Waals surface area contributed by atoms with Crippen LogP contribution in [0.25, 0.3) is 0 Å². The van der Waals surface area contributed by atoms with E-state index in [1.807, 2.05) is 6.07 Å². The van der Waals surface area contributed by atoms with Gasteiger partial charge < -0.3 is 10.6 Å². The fourth-order valence-corrected chi connectivity index (χ4v) is 4.50. The molecule has 1 aromatic carbocycles. The standard InChI is InChI=1S/C19H18BrN3O4S/c1-11(24)21-9-12-7-8-16(28-12)15(25)10-23-17(26)19(2,22-18(23)27)13-5-3-4-6-14(13)20/h3-8H,9-10H2,1-2H3,(H,21,24)(H,22,27). The number of carbonyl (C=O) groups is 4. The number of Topliss-reactive ketones (excluding diaryl/α,β-unsaturated/α-hetero) is 1. The summed E-state index contributed by atoms with van der Waals surface area (Å²) in [7, 11) is 0. The van der Waals surface area contributed by atoms with Gasteiger partial charge in [0, 0.05) is 21.8 Å². The van der Waals surface area contributed by atoms with Crippen molar-refractivity contribution in [2.24, 2.45) is 0 Å². The predicted octanol–water partition coefficient (Wildman–Crippen LogP) is 2.80. The monoisotopic (exact) mass is 463 g/mol. The molecule has 0 radical (unpaired) electrons. The Morgan fingerprint density at radius 3 is 2.61 bits per heavy atom. The average molecular weight is 464 g/mol. The Hall–Kier alpha value is -2.52. The number of benzene rings is 1. The summed E-state index contributed by atoms with van der Waals surface area (Å²) in [4.78, 5) is 51.2. The Labute approximate surface area is 174 Å². The largest absolute Gasteiger partial charge is 0.351 e. The predicted molar refractivity (Wildman–Crippen MR) is 108 cm³/mol. The summed E-state index contributed by atoms with van der Waals surface area (Å²) < 4.78 is 0.695. The molecule has 0 aliphatic carbocycles. The lowest BCUT2D eigenvalue weighted by atomic mass is 9.92. The highest BCUT2D eigenvalue weighted by molar-refractivity contribution is 9.10. The molecule has 9 heteroatoms. The van der Waals surface area contributed by atoms with Crippen molar-refractivity contribution in [2.45, 2.75) is 25.9 Å². The lowest BCUT2D eigenvalue weighted by Crippen LogP contribution is -2.41. The Morgan fingerprint density at radius 2 is 1.93 bits per heavy atom. The highest BCUT2D eigenvalue weighted by Gasteiger charge is 2.50. The third-order valence-corrected chi connectivity index (χ3v) is 6.26. The normalized spacial score (nSPS) is 18.9. The summed E-state index contributed by atoms with van der Waals surface area (Å²) in [6.45, 7) is 3.02. The second kappa shape index (κ2) is 7.84. The van der Waals surface area contributed by atoms with Crippen LogP contribution >= 0.6 is 27.3 Å². The number of hydrogen-bond acceptors (Lipinski definition) is 5. The number of urea groups is 1. The van der Waals surface area contributed by atoms with E-state index in [-0.39, 0.29) is 18.2 Å². The van der Waals surface area contributed by atoms with E-state index in [0.717, 1.165) is 9.78 Å². The lowest BCUT2D eigenvalue weighted by Gasteiger charge is -2.23. The van der Waals surface area contributed by atoms with Gasteiger partial charge in [0.2, 0.25) is 5.91 Å². The minimum Gasteiger partial charge on any atom is -0.351 e. The van der Waals surface area contributed by atoms with Crippen LogP contribution in [0.4, 0.5) is 4.79 Å². The zero-order chi connectivity index (χ0) is 20.5. The van der Waals surface area contributed by atoms with Gasteiger partial charge in [0.05, 0.1) is 18.0 Å². The third kappa shape index (κ3) is 3.85. The van der Waals surface area contributed by atoms with E-state index >= 15 is 0 Å². The molecule has 3 rings (SSSR count). The first-order valence-corrected chi connectivity index (χ1v) is 10.1. The van der Waals surface area contributed by atoms with Crippen LogP contribution in [0.5, 0.6) is 0 Å². The summed E-state index contributed by atoms with van der Waals surface area (Å²) in [5.74, 6) is -0.973. The molecular formula is C19H18BrN3O4S. The van der Waals surface area contributed by atoms with Gasteiger partial charge in [-0.05, 0) is 25.1 Å². The number of halogens is 1. The van der Waals surface area contributed by atoms with E-state index < -0.39 is 17.5 Å². The lowest BCUT2D eigenvalue weighted by molar-refractivity contribution is -0.130. The molecule has 1 atom stereocenters. The van der Waals surface area contributed by atoms with E-state index in [9.17, 15) is 19.2 Å². The first-order valence-electron chi connectivity index (χ1n) is 8.48. The van der Waals surface area contributed by atoms with E-state index in [4.69, 9.17) is 0 Å². The molecule has 1 unspecified atom stereocenters. The molecule has 28 heavy (non-hydrogen) atoms. The van der Waals surface area contributed by atoms with Crippen LogP contribution in [-0.4, -0.2) is 35.1 Å². The van der Waals surface area contributed by atoms with Crippen LogP contribution in [0.1, 0.15) is 34.0 Å². The first kappa shape index (κ1) is 20.2. The summed E-state index contributed by atoms with van der Waals surface area (Å²) in [5, 5.41) is 5.36. The fraction of sp³-hybridized carbons (Fsp3) is 0.263. The Bertz CT molecular complexity index is 974. The smallest absolute Gasteiger partial charge is 0.325 e. The zero-order valence-electron chi connectivity index (χ0n) is 15.2. The summed E-state index contributed by atoms with van der Waals surface area (Å²) in [6, 6.07) is 9.90. The molecule has 146 valence electrons. The van der Waals surface area contributed by atoms with Crippen LogP contribution in [-0.2, 0) is 21.7 Å². The van der Waals surface area contributed by atoms with Gasteiger partial charge in [-0.3, -0.25) is 19.3 Å². The van der Waals surface area contributed by atoms with Crippen molar-refractivity contribution in [1.82, 2.24) is 15.5 Å². The highest BCUT2D eigenvalue weighted by Crippen LogP contribution is 2.33. The van der Waals surface area contributed by atoms with Gasteiger partial charge in [-0.15, -0.1) is 11.3 Å². The van der Waals surface area contributed by atoms with E-state index in [0.29, 0.717) is 21.5 Å². The summed E-state index contributed by atoms with van der Waals surface area (Å²) in [5.41, 5.74) is -0.624. The van der Waals surface area contributed by atoms with Crippen LogP contribution in [0.3, 0.4) is 0 Å². The number of carbonyl (C=O) groups excluding carboxylic acids is 4. The van der Waals surface area contributed by atoms with E-state index in [2.05, 4.69) is 26.6 Å². The molecule has 2 aromatic rings. The van der Waals surface area contributed by atoms with Crippen molar-refractivity contribution in [3.05, 3.63) is 56.2 Å². The van der Waals surface area contributed by atoms with Crippen molar-refractivity contribution < 1.29 is 19.2 Å². The van der Waals surface area contributed by atoms with Crippen LogP contribution in [0.15, 0.2) is 40.9 Å². The van der Waals surface area contributed by atoms with Crippen LogP contribution in [0.2, 0.25) is 0 Å². The Kier molecular flexibility index (Phi) is 5.66. The molecule has 4 amide bonds. The summed E-state index contributed by atoms with van der Waals surface area (Å²) in [6.07, 6.45) is 0. The molecule has 2 N–H and O–H groups in total. The maximum Gasteiger partial charge on any atom is 0.325 e.